The molecule has 32 heavy (non-hydrogen) atoms. The van der Waals surface area contributed by atoms with E-state index in [-0.39, 0.29) is 31.4 Å². The molecule has 3 aromatic rings. The number of aromatic nitrogens is 1. The molecule has 1 saturated heterocycles. The molecule has 1 fully saturated rings. The average Bonchev–Trinajstić information content (AvgIpc) is 2.81. The van der Waals surface area contributed by atoms with Crippen molar-refractivity contribution in [2.45, 2.75) is 6.92 Å². The lowest BCUT2D eigenvalue weighted by atomic mass is 10.1. The first-order valence-electron chi connectivity index (χ1n) is 10.5. The Labute approximate surface area is 202 Å². The van der Waals surface area contributed by atoms with Gasteiger partial charge >= 0.3 is 0 Å². The number of piperazine rings is 1. The third kappa shape index (κ3) is 6.27. The van der Waals surface area contributed by atoms with Gasteiger partial charge in [0.25, 0.3) is 0 Å². The highest BCUT2D eigenvalue weighted by Crippen LogP contribution is 2.26. The molecule has 2 heterocycles. The lowest BCUT2D eigenvalue weighted by molar-refractivity contribution is 0.201. The number of anilines is 1. The van der Waals surface area contributed by atoms with Crippen molar-refractivity contribution in [3.63, 3.8) is 0 Å². The Morgan fingerprint density at radius 3 is 2.38 bits per heavy atom. The Hall–Kier alpha value is -2.49. The standard InChI is InChI=1S/C25H27N3O2.2ClH/c1-2-27-13-15-28(16-14-27)25-24-6-4-3-5-21(24)19-22(26-25)10-7-20-8-11-23(12-9-20)30-18-17-29;;/h3-6,8-9,11-12,19,29H,2,13-18H2,1H3;2*1H. The van der Waals surface area contributed by atoms with Gasteiger partial charge in [0, 0.05) is 37.1 Å². The number of pyridine rings is 1. The minimum absolute atomic E-state index is 0. The molecule has 0 atom stereocenters. The molecule has 2 aromatic carbocycles. The van der Waals surface area contributed by atoms with E-state index in [1.54, 1.807) is 0 Å². The molecule has 1 N–H and O–H groups in total. The normalized spacial score (nSPS) is 13.5. The predicted molar refractivity (Wildman–Crippen MR) is 136 cm³/mol. The van der Waals surface area contributed by atoms with Crippen molar-refractivity contribution in [2.24, 2.45) is 0 Å². The molecule has 0 spiro atoms. The molecule has 0 unspecified atom stereocenters. The molecule has 0 radical (unpaired) electrons. The second-order valence-electron chi connectivity index (χ2n) is 7.32. The molecule has 5 nitrogen and oxygen atoms in total. The first-order valence-corrected chi connectivity index (χ1v) is 10.5. The van der Waals surface area contributed by atoms with Crippen LogP contribution in [0.2, 0.25) is 0 Å². The fourth-order valence-electron chi connectivity index (χ4n) is 3.70. The number of rotatable bonds is 5. The number of nitrogens with zero attached hydrogens (tertiary/aromatic N) is 3. The van der Waals surface area contributed by atoms with Crippen molar-refractivity contribution in [1.82, 2.24) is 9.88 Å². The number of halogens is 2. The maximum atomic E-state index is 8.85. The number of aliphatic hydroxyl groups excluding tert-OH is 1. The molecule has 0 bridgehead atoms. The number of benzene rings is 2. The fourth-order valence-corrected chi connectivity index (χ4v) is 3.70. The monoisotopic (exact) mass is 473 g/mol. The van der Waals surface area contributed by atoms with Gasteiger partial charge in [0.15, 0.2) is 0 Å². The zero-order valence-corrected chi connectivity index (χ0v) is 19.8. The van der Waals surface area contributed by atoms with Crippen LogP contribution in [0, 0.1) is 11.8 Å². The van der Waals surface area contributed by atoms with Crippen LogP contribution in [-0.4, -0.2) is 60.9 Å². The highest BCUT2D eigenvalue weighted by Gasteiger charge is 2.19. The lowest BCUT2D eigenvalue weighted by Crippen LogP contribution is -2.46. The van der Waals surface area contributed by atoms with Crippen LogP contribution >= 0.6 is 24.8 Å². The lowest BCUT2D eigenvalue weighted by Gasteiger charge is -2.35. The van der Waals surface area contributed by atoms with E-state index >= 15 is 0 Å². The van der Waals surface area contributed by atoms with Gasteiger partial charge in [0.05, 0.1) is 6.61 Å². The van der Waals surface area contributed by atoms with Crippen molar-refractivity contribution in [1.29, 1.82) is 0 Å². The van der Waals surface area contributed by atoms with Crippen LogP contribution < -0.4 is 9.64 Å². The first-order chi connectivity index (χ1) is 14.8. The summed E-state index contributed by atoms with van der Waals surface area (Å²) in [5.74, 6) is 8.20. The average molecular weight is 474 g/mol. The van der Waals surface area contributed by atoms with Gasteiger partial charge in [-0.15, -0.1) is 24.8 Å². The van der Waals surface area contributed by atoms with Crippen LogP contribution in [0.4, 0.5) is 5.82 Å². The topological polar surface area (TPSA) is 48.8 Å². The van der Waals surface area contributed by atoms with Crippen LogP contribution in [0.1, 0.15) is 18.2 Å². The van der Waals surface area contributed by atoms with Crippen molar-refractivity contribution >= 4 is 41.4 Å². The Balaban J connectivity index is 0.00000181. The fraction of sp³-hybridized carbons (Fsp3) is 0.320. The Morgan fingerprint density at radius 1 is 0.969 bits per heavy atom. The molecule has 4 rings (SSSR count). The van der Waals surface area contributed by atoms with Crippen molar-refractivity contribution < 1.29 is 9.84 Å². The third-order valence-corrected chi connectivity index (χ3v) is 5.39. The quantitative estimate of drug-likeness (QED) is 0.567. The summed E-state index contributed by atoms with van der Waals surface area (Å²) in [4.78, 5) is 9.78. The summed E-state index contributed by atoms with van der Waals surface area (Å²) in [6.45, 7) is 7.70. The molecule has 1 aliphatic heterocycles. The number of aliphatic hydroxyl groups is 1. The SMILES string of the molecule is CCN1CCN(c2nc(C#Cc3ccc(OCCO)cc3)cc3ccccc23)CC1.Cl.Cl. The van der Waals surface area contributed by atoms with E-state index in [0.29, 0.717) is 6.61 Å². The third-order valence-electron chi connectivity index (χ3n) is 5.39. The molecule has 0 saturated carbocycles. The molecule has 7 heteroatoms. The summed E-state index contributed by atoms with van der Waals surface area (Å²) < 4.78 is 5.40. The van der Waals surface area contributed by atoms with Crippen molar-refractivity contribution in [3.8, 4) is 17.6 Å². The van der Waals surface area contributed by atoms with E-state index in [9.17, 15) is 0 Å². The summed E-state index contributed by atoms with van der Waals surface area (Å²) in [7, 11) is 0. The largest absolute Gasteiger partial charge is 0.491 e. The molecule has 0 amide bonds. The van der Waals surface area contributed by atoms with Crippen LogP contribution in [-0.2, 0) is 0 Å². The van der Waals surface area contributed by atoms with Crippen LogP contribution in [0.15, 0.2) is 54.6 Å². The molecule has 0 aliphatic carbocycles. The van der Waals surface area contributed by atoms with Gasteiger partial charge in [-0.3, -0.25) is 0 Å². The number of fused-ring (bicyclic) bond motifs is 1. The second kappa shape index (κ2) is 12.5. The van der Waals surface area contributed by atoms with Gasteiger partial charge in [0.2, 0.25) is 0 Å². The smallest absolute Gasteiger partial charge is 0.138 e. The highest BCUT2D eigenvalue weighted by atomic mass is 35.5. The van der Waals surface area contributed by atoms with E-state index in [2.05, 4.69) is 58.9 Å². The number of hydrogen-bond acceptors (Lipinski definition) is 5. The minimum atomic E-state index is 0. The van der Waals surface area contributed by atoms with Gasteiger partial charge in [-0.25, -0.2) is 4.98 Å². The molecular weight excluding hydrogens is 445 g/mol. The van der Waals surface area contributed by atoms with E-state index < -0.39 is 0 Å². The predicted octanol–water partition coefficient (Wildman–Crippen LogP) is 3.99. The summed E-state index contributed by atoms with van der Waals surface area (Å²) in [6.07, 6.45) is 0. The van der Waals surface area contributed by atoms with E-state index in [1.807, 2.05) is 24.3 Å². The van der Waals surface area contributed by atoms with E-state index in [4.69, 9.17) is 14.8 Å². The summed E-state index contributed by atoms with van der Waals surface area (Å²) in [6, 6.07) is 18.0. The van der Waals surface area contributed by atoms with Gasteiger partial charge in [-0.2, -0.15) is 0 Å². The van der Waals surface area contributed by atoms with Crippen LogP contribution in [0.25, 0.3) is 10.8 Å². The number of likely N-dealkylation sites (N-methyl/N-ethyl adjacent to an activating group) is 1. The highest BCUT2D eigenvalue weighted by molar-refractivity contribution is 5.93. The summed E-state index contributed by atoms with van der Waals surface area (Å²) >= 11 is 0. The van der Waals surface area contributed by atoms with Crippen molar-refractivity contribution in [3.05, 3.63) is 65.9 Å². The molecule has 1 aromatic heterocycles. The Kier molecular flexibility index (Phi) is 10.1. The molecule has 170 valence electrons. The maximum Gasteiger partial charge on any atom is 0.138 e. The first kappa shape index (κ1) is 25.8. The zero-order valence-electron chi connectivity index (χ0n) is 18.2. The number of ether oxygens (including phenoxy) is 1. The second-order valence-corrected chi connectivity index (χ2v) is 7.32. The Morgan fingerprint density at radius 2 is 1.69 bits per heavy atom. The summed E-state index contributed by atoms with van der Waals surface area (Å²) in [5, 5.41) is 11.2. The maximum absolute atomic E-state index is 8.85. The van der Waals surface area contributed by atoms with Gasteiger partial charge < -0.3 is 19.6 Å². The van der Waals surface area contributed by atoms with E-state index in [0.717, 1.165) is 60.9 Å². The Bertz CT molecular complexity index is 1060. The van der Waals surface area contributed by atoms with Crippen molar-refractivity contribution in [2.75, 3.05) is 50.8 Å². The van der Waals surface area contributed by atoms with Crippen LogP contribution in [0.5, 0.6) is 5.75 Å². The zero-order chi connectivity index (χ0) is 20.8. The molecular formula is C25H29Cl2N3O2. The van der Waals surface area contributed by atoms with Gasteiger partial charge in [-0.05, 0) is 48.2 Å². The van der Waals surface area contributed by atoms with E-state index in [1.165, 1.54) is 5.39 Å². The van der Waals surface area contributed by atoms with Gasteiger partial charge in [0.1, 0.15) is 23.9 Å². The summed E-state index contributed by atoms with van der Waals surface area (Å²) in [5.41, 5.74) is 1.68. The number of hydrogen-bond donors (Lipinski definition) is 1. The van der Waals surface area contributed by atoms with Gasteiger partial charge in [-0.1, -0.05) is 37.1 Å². The van der Waals surface area contributed by atoms with Crippen LogP contribution in [0.3, 0.4) is 0 Å². The molecule has 1 aliphatic rings. The minimum Gasteiger partial charge on any atom is -0.491 e.